The molecule has 53 heavy (non-hydrogen) atoms. The Hall–Kier alpha value is -3.93. The van der Waals surface area contributed by atoms with Crippen LogP contribution in [0.3, 0.4) is 0 Å². The number of aliphatic carboxylic acids is 1. The van der Waals surface area contributed by atoms with Gasteiger partial charge in [0, 0.05) is 12.8 Å². The molecule has 0 fully saturated rings. The molecule has 0 aromatic carbocycles. The van der Waals surface area contributed by atoms with Crippen LogP contribution in [0.4, 0.5) is 0 Å². The van der Waals surface area contributed by atoms with Crippen LogP contribution in [0.5, 0.6) is 0 Å². The molecule has 1 atom stereocenters. The summed E-state index contributed by atoms with van der Waals surface area (Å²) in [6.07, 6.45) is 59.4. The monoisotopic (exact) mass is 732 g/mol. The fourth-order valence-corrected chi connectivity index (χ4v) is 5.16. The zero-order valence-electron chi connectivity index (χ0n) is 33.3. The zero-order valence-corrected chi connectivity index (χ0v) is 33.3. The van der Waals surface area contributed by atoms with Crippen molar-refractivity contribution in [3.63, 3.8) is 0 Å². The summed E-state index contributed by atoms with van der Waals surface area (Å²) < 4.78 is 5.85. The van der Waals surface area contributed by atoms with E-state index < -0.39 is 5.97 Å². The van der Waals surface area contributed by atoms with Crippen molar-refractivity contribution in [2.45, 2.75) is 161 Å². The predicted octanol–water partition coefficient (Wildman–Crippen LogP) is 12.7. The standard InChI is InChI=1S/C47H73NO5/c1-3-5-7-9-11-13-14-15-16-17-18-19-20-21-22-23-24-25-26-28-30-32-38-42-47(52)53-44(39-35-31-29-27-12-10-8-6-4-2)40-36-33-34-37-41-45(49)48-43-46(50)51/h5,7,11,13,15-16,18-19,21-22,24-25,27-30,35,39,44H,3-4,6,8-10,12,14,17,20,23,26,31-34,36-38,40-43H2,1-2H3,(H,48,49)(H,50,51)/b7-5-,13-11-,16-15-,19-18-,22-21-,25-24-,29-27-,30-28-,39-35-. The summed E-state index contributed by atoms with van der Waals surface area (Å²) in [6, 6.07) is 0. The quantitative estimate of drug-likeness (QED) is 0.0384. The van der Waals surface area contributed by atoms with Crippen molar-refractivity contribution >= 4 is 17.8 Å². The Morgan fingerprint density at radius 1 is 0.528 bits per heavy atom. The van der Waals surface area contributed by atoms with Crippen molar-refractivity contribution in [1.82, 2.24) is 5.32 Å². The second-order valence-corrected chi connectivity index (χ2v) is 13.2. The lowest BCUT2D eigenvalue weighted by Crippen LogP contribution is -2.28. The summed E-state index contributed by atoms with van der Waals surface area (Å²) in [5, 5.41) is 11.1. The van der Waals surface area contributed by atoms with E-state index in [1.54, 1.807) is 0 Å². The van der Waals surface area contributed by atoms with E-state index in [-0.39, 0.29) is 24.5 Å². The molecule has 0 radical (unpaired) electrons. The molecule has 0 saturated carbocycles. The van der Waals surface area contributed by atoms with Crippen LogP contribution in [-0.4, -0.2) is 35.6 Å². The molecule has 6 nitrogen and oxygen atoms in total. The second-order valence-electron chi connectivity index (χ2n) is 13.2. The molecule has 1 unspecified atom stereocenters. The van der Waals surface area contributed by atoms with E-state index in [9.17, 15) is 14.4 Å². The number of hydrogen-bond donors (Lipinski definition) is 2. The Balaban J connectivity index is 4.29. The van der Waals surface area contributed by atoms with E-state index in [2.05, 4.69) is 122 Å². The van der Waals surface area contributed by atoms with Crippen LogP contribution in [0, 0.1) is 0 Å². The number of carbonyl (C=O) groups is 3. The van der Waals surface area contributed by atoms with Gasteiger partial charge in [0.25, 0.3) is 0 Å². The van der Waals surface area contributed by atoms with Crippen LogP contribution in [0.25, 0.3) is 0 Å². The number of carbonyl (C=O) groups excluding carboxylic acids is 2. The van der Waals surface area contributed by atoms with Gasteiger partial charge in [-0.25, -0.2) is 0 Å². The Kier molecular flexibility index (Phi) is 37.8. The fraction of sp³-hybridized carbons (Fsp3) is 0.553. The Labute approximate surface area is 323 Å². The number of nitrogens with one attached hydrogen (secondary N) is 1. The molecular weight excluding hydrogens is 659 g/mol. The summed E-state index contributed by atoms with van der Waals surface area (Å²) in [7, 11) is 0. The molecule has 0 bridgehead atoms. The van der Waals surface area contributed by atoms with Crippen molar-refractivity contribution in [2.24, 2.45) is 0 Å². The number of unbranched alkanes of at least 4 members (excludes halogenated alkanes) is 8. The van der Waals surface area contributed by atoms with Crippen molar-refractivity contribution in [1.29, 1.82) is 0 Å². The summed E-state index contributed by atoms with van der Waals surface area (Å²) in [5.74, 6) is -1.43. The van der Waals surface area contributed by atoms with Crippen LogP contribution < -0.4 is 5.32 Å². The molecule has 6 heteroatoms. The number of ether oxygens (including phenoxy) is 1. The molecule has 0 spiro atoms. The van der Waals surface area contributed by atoms with Gasteiger partial charge in [-0.15, -0.1) is 0 Å². The summed E-state index contributed by atoms with van der Waals surface area (Å²) in [6.45, 7) is 4.04. The van der Waals surface area contributed by atoms with Crippen LogP contribution in [0.1, 0.15) is 155 Å². The van der Waals surface area contributed by atoms with Gasteiger partial charge in [-0.1, -0.05) is 149 Å². The second kappa shape index (κ2) is 40.8. The molecule has 0 aliphatic carbocycles. The van der Waals surface area contributed by atoms with Crippen molar-refractivity contribution in [3.05, 3.63) is 109 Å². The number of hydrogen-bond acceptors (Lipinski definition) is 4. The van der Waals surface area contributed by atoms with Gasteiger partial charge < -0.3 is 15.2 Å². The molecular formula is C47H73NO5. The number of esters is 1. The maximum atomic E-state index is 12.6. The number of carboxylic acids is 1. The smallest absolute Gasteiger partial charge is 0.322 e. The first kappa shape index (κ1) is 49.1. The third-order valence-corrected chi connectivity index (χ3v) is 8.16. The van der Waals surface area contributed by atoms with Gasteiger partial charge >= 0.3 is 11.9 Å². The van der Waals surface area contributed by atoms with Gasteiger partial charge in [0.15, 0.2) is 0 Å². The molecule has 0 aromatic heterocycles. The lowest BCUT2D eigenvalue weighted by Gasteiger charge is -2.14. The fourth-order valence-electron chi connectivity index (χ4n) is 5.16. The van der Waals surface area contributed by atoms with E-state index in [0.717, 1.165) is 96.3 Å². The summed E-state index contributed by atoms with van der Waals surface area (Å²) in [4.78, 5) is 34.9. The maximum absolute atomic E-state index is 12.6. The maximum Gasteiger partial charge on any atom is 0.322 e. The first-order valence-electron chi connectivity index (χ1n) is 20.5. The molecule has 0 aromatic rings. The van der Waals surface area contributed by atoms with Crippen LogP contribution >= 0.6 is 0 Å². The van der Waals surface area contributed by atoms with E-state index in [4.69, 9.17) is 9.84 Å². The number of carboxylic acid groups (broad SMARTS) is 1. The third-order valence-electron chi connectivity index (χ3n) is 8.16. The predicted molar refractivity (Wildman–Crippen MR) is 226 cm³/mol. The number of allylic oxidation sites excluding steroid dienone is 17. The Bertz CT molecular complexity index is 1170. The van der Waals surface area contributed by atoms with E-state index >= 15 is 0 Å². The topological polar surface area (TPSA) is 92.7 Å². The molecule has 296 valence electrons. The highest BCUT2D eigenvalue weighted by molar-refractivity contribution is 5.80. The molecule has 0 saturated heterocycles. The highest BCUT2D eigenvalue weighted by Crippen LogP contribution is 2.13. The number of rotatable bonds is 35. The minimum atomic E-state index is -1.04. The molecule has 0 rings (SSSR count). The van der Waals surface area contributed by atoms with Gasteiger partial charge in [0.1, 0.15) is 12.6 Å². The highest BCUT2D eigenvalue weighted by atomic mass is 16.5. The molecule has 0 aliphatic rings. The SMILES string of the molecule is CC/C=C\C/C=C\C/C=C\C/C=C\C/C=C\C/C=C\C/C=C\CCCC(=O)OC(/C=C\C/C=C\CCCCCC)CCCCCCC(=O)NCC(=O)O. The lowest BCUT2D eigenvalue weighted by atomic mass is 10.1. The molecule has 0 aliphatic heterocycles. The first-order valence-corrected chi connectivity index (χ1v) is 20.5. The summed E-state index contributed by atoms with van der Waals surface area (Å²) in [5.41, 5.74) is 0. The Morgan fingerprint density at radius 3 is 1.53 bits per heavy atom. The molecule has 2 N–H and O–H groups in total. The lowest BCUT2D eigenvalue weighted by molar-refractivity contribution is -0.147. The van der Waals surface area contributed by atoms with Crippen molar-refractivity contribution in [2.75, 3.05) is 6.54 Å². The third kappa shape index (κ3) is 40.7. The number of amides is 1. The van der Waals surface area contributed by atoms with Gasteiger partial charge in [0.05, 0.1) is 0 Å². The van der Waals surface area contributed by atoms with Gasteiger partial charge in [-0.2, -0.15) is 0 Å². The molecule has 0 heterocycles. The van der Waals surface area contributed by atoms with E-state index in [1.165, 1.54) is 25.7 Å². The van der Waals surface area contributed by atoms with E-state index in [1.807, 2.05) is 6.08 Å². The van der Waals surface area contributed by atoms with E-state index in [0.29, 0.717) is 19.3 Å². The van der Waals surface area contributed by atoms with Gasteiger partial charge in [0.2, 0.25) is 5.91 Å². The minimum Gasteiger partial charge on any atom is -0.480 e. The highest BCUT2D eigenvalue weighted by Gasteiger charge is 2.11. The summed E-state index contributed by atoms with van der Waals surface area (Å²) >= 11 is 0. The van der Waals surface area contributed by atoms with Crippen LogP contribution in [-0.2, 0) is 19.1 Å². The Morgan fingerprint density at radius 2 is 1.00 bits per heavy atom. The van der Waals surface area contributed by atoms with Crippen molar-refractivity contribution < 1.29 is 24.2 Å². The largest absolute Gasteiger partial charge is 0.480 e. The van der Waals surface area contributed by atoms with Crippen molar-refractivity contribution in [3.8, 4) is 0 Å². The zero-order chi connectivity index (χ0) is 38.7. The van der Waals surface area contributed by atoms with Crippen LogP contribution in [0.2, 0.25) is 0 Å². The normalized spacial score (nSPS) is 13.2. The average molecular weight is 732 g/mol. The van der Waals surface area contributed by atoms with Gasteiger partial charge in [-0.3, -0.25) is 14.4 Å². The minimum absolute atomic E-state index is 0.161. The molecule has 1 amide bonds. The average Bonchev–Trinajstić information content (AvgIpc) is 3.14. The van der Waals surface area contributed by atoms with Crippen LogP contribution in [0.15, 0.2) is 109 Å². The van der Waals surface area contributed by atoms with Gasteiger partial charge in [-0.05, 0) is 102 Å². The first-order chi connectivity index (χ1) is 26.0.